The molecule has 0 aromatic carbocycles. The van der Waals surface area contributed by atoms with Crippen molar-refractivity contribution in [3.05, 3.63) is 0 Å². The normalized spacial score (nSPS) is 6.00. The topological polar surface area (TPSA) is 46.2 Å². The monoisotopic (exact) mass is 87.1 g/mol. The number of rotatable bonds is 1. The van der Waals surface area contributed by atoms with Crippen LogP contribution < -0.4 is 5.73 Å². The Hall–Kier alpha value is 0.686. The van der Waals surface area contributed by atoms with Crippen LogP contribution >= 0.6 is 0 Å². The van der Waals surface area contributed by atoms with Gasteiger partial charge in [0.1, 0.15) is 0 Å². The van der Waals surface area contributed by atoms with Crippen LogP contribution in [0.1, 0.15) is 2.85 Å². The SMILES string of the molecule is NCCO.[H-].[H-].[Mg+2]. The van der Waals surface area contributed by atoms with E-state index in [-0.39, 0.29) is 32.5 Å². The van der Waals surface area contributed by atoms with Crippen LogP contribution in [0.25, 0.3) is 0 Å². The van der Waals surface area contributed by atoms with Gasteiger partial charge >= 0.3 is 23.1 Å². The molecule has 5 heavy (non-hydrogen) atoms. The fourth-order valence-corrected chi connectivity index (χ4v) is 0. The van der Waals surface area contributed by atoms with Crippen molar-refractivity contribution in [3.63, 3.8) is 0 Å². The van der Waals surface area contributed by atoms with Crippen molar-refractivity contribution in [3.8, 4) is 0 Å². The van der Waals surface area contributed by atoms with Gasteiger partial charge in [-0.2, -0.15) is 0 Å². The molecule has 0 bridgehead atoms. The molecular formula is C2H9MgNO. The molecule has 30 valence electrons. The van der Waals surface area contributed by atoms with Gasteiger partial charge in [0.2, 0.25) is 0 Å². The molecule has 0 saturated heterocycles. The summed E-state index contributed by atoms with van der Waals surface area (Å²) >= 11 is 0. The summed E-state index contributed by atoms with van der Waals surface area (Å²) < 4.78 is 0. The maximum Gasteiger partial charge on any atom is 2.00 e. The summed E-state index contributed by atoms with van der Waals surface area (Å²) in [6.07, 6.45) is 0. The molecule has 0 saturated carbocycles. The van der Waals surface area contributed by atoms with Crippen LogP contribution in [0.2, 0.25) is 0 Å². The molecule has 0 spiro atoms. The Labute approximate surface area is 50.5 Å². The first-order valence-electron chi connectivity index (χ1n) is 1.22. The van der Waals surface area contributed by atoms with Gasteiger partial charge in [-0.05, 0) is 0 Å². The summed E-state index contributed by atoms with van der Waals surface area (Å²) in [5.74, 6) is 0. The van der Waals surface area contributed by atoms with Crippen LogP contribution in [0, 0.1) is 0 Å². The van der Waals surface area contributed by atoms with E-state index in [0.29, 0.717) is 6.54 Å². The van der Waals surface area contributed by atoms with Gasteiger partial charge in [0.25, 0.3) is 0 Å². The molecule has 0 amide bonds. The molecule has 0 atom stereocenters. The summed E-state index contributed by atoms with van der Waals surface area (Å²) in [5.41, 5.74) is 4.78. The third-order valence-electron chi connectivity index (χ3n) is 0.129. The number of aliphatic hydroxyl groups is 1. The first-order valence-corrected chi connectivity index (χ1v) is 1.22. The molecular weight excluding hydrogens is 78.3 g/mol. The number of aliphatic hydroxyl groups excluding tert-OH is 1. The fourth-order valence-electron chi connectivity index (χ4n) is 0. The van der Waals surface area contributed by atoms with Crippen molar-refractivity contribution >= 4 is 23.1 Å². The summed E-state index contributed by atoms with van der Waals surface area (Å²) in [5, 5.41) is 7.75. The predicted molar refractivity (Wildman–Crippen MR) is 24.1 cm³/mol. The second-order valence-corrected chi connectivity index (χ2v) is 0.512. The molecule has 3 N–H and O–H groups in total. The van der Waals surface area contributed by atoms with Crippen LogP contribution in [-0.2, 0) is 0 Å². The van der Waals surface area contributed by atoms with E-state index >= 15 is 0 Å². The Balaban J connectivity index is -0.0000000150. The molecule has 3 heteroatoms. The van der Waals surface area contributed by atoms with Crippen molar-refractivity contribution in [2.24, 2.45) is 5.73 Å². The molecule has 0 aromatic rings. The predicted octanol–water partition coefficient (Wildman–Crippen LogP) is -1.22. The molecule has 2 nitrogen and oxygen atoms in total. The van der Waals surface area contributed by atoms with E-state index in [0.717, 1.165) is 0 Å². The smallest absolute Gasteiger partial charge is 1.00 e. The van der Waals surface area contributed by atoms with Crippen LogP contribution in [0.4, 0.5) is 0 Å². The largest absolute Gasteiger partial charge is 2.00 e. The Kier molecular flexibility index (Phi) is 16.2. The minimum atomic E-state index is 0. The first-order chi connectivity index (χ1) is 1.91. The van der Waals surface area contributed by atoms with Gasteiger partial charge in [0.15, 0.2) is 0 Å². The Morgan fingerprint density at radius 3 is 2.00 bits per heavy atom. The van der Waals surface area contributed by atoms with Crippen LogP contribution in [0.3, 0.4) is 0 Å². The second kappa shape index (κ2) is 8.82. The van der Waals surface area contributed by atoms with E-state index in [4.69, 9.17) is 10.8 Å². The third-order valence-corrected chi connectivity index (χ3v) is 0.129. The van der Waals surface area contributed by atoms with Crippen molar-refractivity contribution in [2.75, 3.05) is 13.2 Å². The van der Waals surface area contributed by atoms with E-state index in [9.17, 15) is 0 Å². The summed E-state index contributed by atoms with van der Waals surface area (Å²) in [7, 11) is 0. The van der Waals surface area contributed by atoms with Gasteiger partial charge < -0.3 is 13.7 Å². The maximum absolute atomic E-state index is 7.75. The van der Waals surface area contributed by atoms with E-state index in [1.807, 2.05) is 0 Å². The molecule has 0 aliphatic rings. The van der Waals surface area contributed by atoms with Gasteiger partial charge in [-0.25, -0.2) is 0 Å². The summed E-state index contributed by atoms with van der Waals surface area (Å²) in [4.78, 5) is 0. The second-order valence-electron chi connectivity index (χ2n) is 0.512. The van der Waals surface area contributed by atoms with Gasteiger partial charge in [-0.1, -0.05) is 0 Å². The zero-order valence-corrected chi connectivity index (χ0v) is 4.56. The average Bonchev–Trinajstić information content (AvgIpc) is 1.37. The van der Waals surface area contributed by atoms with E-state index < -0.39 is 0 Å². The van der Waals surface area contributed by atoms with E-state index in [2.05, 4.69) is 0 Å². The molecule has 0 aliphatic carbocycles. The van der Waals surface area contributed by atoms with Gasteiger partial charge in [0.05, 0.1) is 6.61 Å². The van der Waals surface area contributed by atoms with Crippen LogP contribution in [0.15, 0.2) is 0 Å². The fraction of sp³-hybridized carbons (Fsp3) is 1.00. The molecule has 0 aromatic heterocycles. The minimum absolute atomic E-state index is 0. The maximum atomic E-state index is 7.75. The average molecular weight is 87.4 g/mol. The zero-order valence-electron chi connectivity index (χ0n) is 5.15. The first kappa shape index (κ1) is 9.19. The quantitative estimate of drug-likeness (QED) is 0.394. The van der Waals surface area contributed by atoms with Crippen molar-refractivity contribution < 1.29 is 7.96 Å². The molecule has 0 rings (SSSR count). The molecule has 0 unspecified atom stereocenters. The Bertz CT molecular complexity index is 17.7. The van der Waals surface area contributed by atoms with Gasteiger partial charge in [-0.15, -0.1) is 0 Å². The van der Waals surface area contributed by atoms with Gasteiger partial charge in [-0.3, -0.25) is 0 Å². The molecule has 0 heterocycles. The van der Waals surface area contributed by atoms with Gasteiger partial charge in [0, 0.05) is 6.54 Å². The molecule has 0 fully saturated rings. The van der Waals surface area contributed by atoms with E-state index in [1.54, 1.807) is 0 Å². The third kappa shape index (κ3) is 11.9. The van der Waals surface area contributed by atoms with E-state index in [1.165, 1.54) is 0 Å². The zero-order chi connectivity index (χ0) is 3.41. The minimum Gasteiger partial charge on any atom is -1.00 e. The number of hydrogen-bond donors (Lipinski definition) is 2. The van der Waals surface area contributed by atoms with Crippen LogP contribution in [-0.4, -0.2) is 41.3 Å². The van der Waals surface area contributed by atoms with Crippen molar-refractivity contribution in [1.82, 2.24) is 0 Å². The number of hydrogen-bond acceptors (Lipinski definition) is 2. The Morgan fingerprint density at radius 2 is 2.00 bits per heavy atom. The van der Waals surface area contributed by atoms with Crippen LogP contribution in [0.5, 0.6) is 0 Å². The molecule has 0 radical (unpaired) electrons. The van der Waals surface area contributed by atoms with Crippen molar-refractivity contribution in [1.29, 1.82) is 0 Å². The molecule has 0 aliphatic heterocycles. The standard InChI is InChI=1S/C2H7NO.Mg.2H/c3-1-2-4;;;/h4H,1-3H2;;;/q;+2;2*-1. The summed E-state index contributed by atoms with van der Waals surface area (Å²) in [6.45, 7) is 0.472. The number of nitrogens with two attached hydrogens (primary N) is 1. The Morgan fingerprint density at radius 1 is 1.80 bits per heavy atom. The summed E-state index contributed by atoms with van der Waals surface area (Å²) in [6, 6.07) is 0. The van der Waals surface area contributed by atoms with Crippen molar-refractivity contribution in [2.45, 2.75) is 0 Å².